The van der Waals surface area contributed by atoms with Gasteiger partial charge in [-0.15, -0.1) is 0 Å². The standard InChI is InChI=1S/C16H20N4O/c17-9-14-10-19(16(21)12-20-8-4-7-18-20)11-15(14)13-5-2-1-3-6-13/h1-8,14-15H,9-12,17H2/t14-,15+/m1/s1. The number of rotatable bonds is 4. The first kappa shape index (κ1) is 13.8. The summed E-state index contributed by atoms with van der Waals surface area (Å²) in [5.41, 5.74) is 7.17. The van der Waals surface area contributed by atoms with Crippen LogP contribution in [0.15, 0.2) is 48.8 Å². The molecular weight excluding hydrogens is 264 g/mol. The normalized spacial score (nSPS) is 21.7. The van der Waals surface area contributed by atoms with Crippen molar-refractivity contribution < 1.29 is 4.79 Å². The molecule has 3 rings (SSSR count). The number of carbonyl (C=O) groups is 1. The third-order valence-electron chi connectivity index (χ3n) is 4.18. The predicted octanol–water partition coefficient (Wildman–Crippen LogP) is 1.08. The Bertz CT molecular complexity index is 582. The van der Waals surface area contributed by atoms with Crippen molar-refractivity contribution in [2.75, 3.05) is 19.6 Å². The van der Waals surface area contributed by atoms with Crippen molar-refractivity contribution >= 4 is 5.91 Å². The Morgan fingerprint density at radius 3 is 2.71 bits per heavy atom. The van der Waals surface area contributed by atoms with Gasteiger partial charge in [0.1, 0.15) is 6.54 Å². The summed E-state index contributed by atoms with van der Waals surface area (Å²) in [5.74, 6) is 0.766. The van der Waals surface area contributed by atoms with Crippen molar-refractivity contribution in [3.63, 3.8) is 0 Å². The zero-order valence-electron chi connectivity index (χ0n) is 11.9. The molecule has 1 aromatic carbocycles. The van der Waals surface area contributed by atoms with Gasteiger partial charge in [0.05, 0.1) is 0 Å². The van der Waals surface area contributed by atoms with Crippen LogP contribution in [0.4, 0.5) is 0 Å². The van der Waals surface area contributed by atoms with Crippen molar-refractivity contribution in [3.8, 4) is 0 Å². The second-order valence-electron chi connectivity index (χ2n) is 5.52. The molecule has 2 N–H and O–H groups in total. The highest BCUT2D eigenvalue weighted by Crippen LogP contribution is 2.32. The van der Waals surface area contributed by atoms with Crippen molar-refractivity contribution in [1.82, 2.24) is 14.7 Å². The Kier molecular flexibility index (Phi) is 4.01. The molecule has 1 fully saturated rings. The van der Waals surface area contributed by atoms with Crippen LogP contribution in [0.25, 0.3) is 0 Å². The lowest BCUT2D eigenvalue weighted by Crippen LogP contribution is -2.32. The van der Waals surface area contributed by atoms with Crippen LogP contribution in [-0.2, 0) is 11.3 Å². The van der Waals surface area contributed by atoms with E-state index in [0.717, 1.165) is 13.1 Å². The third-order valence-corrected chi connectivity index (χ3v) is 4.18. The molecule has 2 aromatic rings. The lowest BCUT2D eigenvalue weighted by molar-refractivity contribution is -0.131. The summed E-state index contributed by atoms with van der Waals surface area (Å²) in [7, 11) is 0. The quantitative estimate of drug-likeness (QED) is 0.914. The number of carbonyl (C=O) groups excluding carboxylic acids is 1. The molecule has 110 valence electrons. The van der Waals surface area contributed by atoms with Crippen LogP contribution in [-0.4, -0.2) is 40.2 Å². The zero-order chi connectivity index (χ0) is 14.7. The molecule has 1 aromatic heterocycles. The smallest absolute Gasteiger partial charge is 0.244 e. The van der Waals surface area contributed by atoms with Gasteiger partial charge in [-0.1, -0.05) is 30.3 Å². The van der Waals surface area contributed by atoms with Gasteiger partial charge < -0.3 is 10.6 Å². The molecule has 1 aliphatic rings. The molecule has 5 heteroatoms. The lowest BCUT2D eigenvalue weighted by Gasteiger charge is -2.16. The Labute approximate surface area is 124 Å². The fourth-order valence-corrected chi connectivity index (χ4v) is 3.02. The summed E-state index contributed by atoms with van der Waals surface area (Å²) >= 11 is 0. The van der Waals surface area contributed by atoms with Gasteiger partial charge in [-0.3, -0.25) is 9.48 Å². The molecule has 0 bridgehead atoms. The van der Waals surface area contributed by atoms with Crippen molar-refractivity contribution in [1.29, 1.82) is 0 Å². The maximum absolute atomic E-state index is 12.4. The van der Waals surface area contributed by atoms with Gasteiger partial charge in [-0.2, -0.15) is 5.10 Å². The van der Waals surface area contributed by atoms with Crippen LogP contribution >= 0.6 is 0 Å². The molecule has 21 heavy (non-hydrogen) atoms. The summed E-state index contributed by atoms with van der Waals surface area (Å²) in [6.45, 7) is 2.37. The number of likely N-dealkylation sites (tertiary alicyclic amines) is 1. The maximum Gasteiger partial charge on any atom is 0.244 e. The van der Waals surface area contributed by atoms with Crippen LogP contribution in [0, 0.1) is 5.92 Å². The van der Waals surface area contributed by atoms with Crippen LogP contribution in [0.1, 0.15) is 11.5 Å². The van der Waals surface area contributed by atoms with Crippen LogP contribution in [0.2, 0.25) is 0 Å². The lowest BCUT2D eigenvalue weighted by atomic mass is 9.89. The predicted molar refractivity (Wildman–Crippen MR) is 80.5 cm³/mol. The molecular formula is C16H20N4O. The van der Waals surface area contributed by atoms with Crippen molar-refractivity contribution in [2.45, 2.75) is 12.5 Å². The van der Waals surface area contributed by atoms with E-state index < -0.39 is 0 Å². The molecule has 2 heterocycles. The third kappa shape index (κ3) is 2.97. The molecule has 5 nitrogen and oxygen atoms in total. The highest BCUT2D eigenvalue weighted by molar-refractivity contribution is 5.76. The maximum atomic E-state index is 12.4. The van der Waals surface area contributed by atoms with Crippen molar-refractivity contribution in [2.24, 2.45) is 11.7 Å². The number of aromatic nitrogens is 2. The second-order valence-corrected chi connectivity index (χ2v) is 5.52. The van der Waals surface area contributed by atoms with Gasteiger partial charge in [0, 0.05) is 31.4 Å². The first-order chi connectivity index (χ1) is 10.3. The van der Waals surface area contributed by atoms with Crippen molar-refractivity contribution in [3.05, 3.63) is 54.4 Å². The average Bonchev–Trinajstić information content (AvgIpc) is 3.17. The molecule has 0 aliphatic carbocycles. The number of nitrogens with zero attached hydrogens (tertiary/aromatic N) is 3. The summed E-state index contributed by atoms with van der Waals surface area (Å²) in [4.78, 5) is 14.3. The van der Waals surface area contributed by atoms with Gasteiger partial charge >= 0.3 is 0 Å². The van der Waals surface area contributed by atoms with E-state index in [1.807, 2.05) is 35.4 Å². The minimum Gasteiger partial charge on any atom is -0.340 e. The average molecular weight is 284 g/mol. The van der Waals surface area contributed by atoms with E-state index >= 15 is 0 Å². The first-order valence-corrected chi connectivity index (χ1v) is 7.28. The van der Waals surface area contributed by atoms with Gasteiger partial charge in [0.15, 0.2) is 0 Å². The largest absolute Gasteiger partial charge is 0.340 e. The van der Waals surface area contributed by atoms with E-state index in [0.29, 0.717) is 24.9 Å². The van der Waals surface area contributed by atoms with E-state index in [1.165, 1.54) is 5.56 Å². The molecule has 0 radical (unpaired) electrons. The molecule has 1 aliphatic heterocycles. The summed E-state index contributed by atoms with van der Waals surface area (Å²) in [5, 5.41) is 4.09. The van der Waals surface area contributed by atoms with Crippen LogP contribution < -0.4 is 5.73 Å². The highest BCUT2D eigenvalue weighted by Gasteiger charge is 2.35. The topological polar surface area (TPSA) is 64.2 Å². The Morgan fingerprint density at radius 2 is 2.05 bits per heavy atom. The highest BCUT2D eigenvalue weighted by atomic mass is 16.2. The van der Waals surface area contributed by atoms with E-state index in [4.69, 9.17) is 5.73 Å². The summed E-state index contributed by atoms with van der Waals surface area (Å²) < 4.78 is 1.66. The van der Waals surface area contributed by atoms with Gasteiger partial charge in [0.2, 0.25) is 5.91 Å². The monoisotopic (exact) mass is 284 g/mol. The zero-order valence-corrected chi connectivity index (χ0v) is 11.9. The fourth-order valence-electron chi connectivity index (χ4n) is 3.02. The molecule has 0 unspecified atom stereocenters. The van der Waals surface area contributed by atoms with E-state index in [9.17, 15) is 4.79 Å². The Hall–Kier alpha value is -2.14. The minimum atomic E-state index is 0.107. The number of amides is 1. The number of hydrogen-bond donors (Lipinski definition) is 1. The molecule has 1 amide bonds. The molecule has 0 spiro atoms. The Morgan fingerprint density at radius 1 is 1.24 bits per heavy atom. The fraction of sp³-hybridized carbons (Fsp3) is 0.375. The SMILES string of the molecule is NC[C@@H]1CN(C(=O)Cn2cccn2)C[C@H]1c1ccccc1. The number of nitrogens with two attached hydrogens (primary N) is 1. The van der Waals surface area contributed by atoms with Gasteiger partial charge in [-0.05, 0) is 24.1 Å². The molecule has 2 atom stereocenters. The van der Waals surface area contributed by atoms with E-state index in [2.05, 4.69) is 17.2 Å². The van der Waals surface area contributed by atoms with Crippen LogP contribution in [0.3, 0.4) is 0 Å². The molecule has 1 saturated heterocycles. The number of benzene rings is 1. The van der Waals surface area contributed by atoms with Crippen LogP contribution in [0.5, 0.6) is 0 Å². The number of hydrogen-bond acceptors (Lipinski definition) is 3. The van der Waals surface area contributed by atoms with E-state index in [-0.39, 0.29) is 5.91 Å². The summed E-state index contributed by atoms with van der Waals surface area (Å²) in [6, 6.07) is 12.2. The van der Waals surface area contributed by atoms with E-state index in [1.54, 1.807) is 10.9 Å². The first-order valence-electron chi connectivity index (χ1n) is 7.28. The molecule has 0 saturated carbocycles. The Balaban J connectivity index is 1.70. The second kappa shape index (κ2) is 6.10. The van der Waals surface area contributed by atoms with Gasteiger partial charge in [-0.25, -0.2) is 0 Å². The van der Waals surface area contributed by atoms with Gasteiger partial charge in [0.25, 0.3) is 0 Å². The minimum absolute atomic E-state index is 0.107. The summed E-state index contributed by atoms with van der Waals surface area (Å²) in [6.07, 6.45) is 3.50.